The molecule has 0 bridgehead atoms. The van der Waals surface area contributed by atoms with Gasteiger partial charge in [0.05, 0.1) is 26.9 Å². The summed E-state index contributed by atoms with van der Waals surface area (Å²) in [7, 11) is 2.96. The van der Waals surface area contributed by atoms with E-state index in [1.807, 2.05) is 13.0 Å². The molecule has 0 aliphatic carbocycles. The molecule has 0 radical (unpaired) electrons. The summed E-state index contributed by atoms with van der Waals surface area (Å²) in [4.78, 5) is 8.35. The number of halogens is 1. The first-order chi connectivity index (χ1) is 11.5. The molecule has 0 saturated heterocycles. The number of aliphatic hydroxyl groups is 1. The molecule has 0 spiro atoms. The molecular formula is C16H20BrN3O4. The monoisotopic (exact) mass is 397 g/mol. The first-order valence-corrected chi connectivity index (χ1v) is 8.10. The second kappa shape index (κ2) is 8.27. The van der Waals surface area contributed by atoms with Crippen molar-refractivity contribution in [2.24, 2.45) is 0 Å². The Morgan fingerprint density at radius 1 is 1.17 bits per heavy atom. The SMILES string of the molecule is CCOCc1cc(Br)cc(C(O)c2nc(OC)cc(OC)n2)c1N. The van der Waals surface area contributed by atoms with E-state index >= 15 is 0 Å². The van der Waals surface area contributed by atoms with Crippen LogP contribution in [0, 0.1) is 0 Å². The van der Waals surface area contributed by atoms with Crippen molar-refractivity contribution in [3.05, 3.63) is 39.6 Å². The molecule has 1 aromatic carbocycles. The summed E-state index contributed by atoms with van der Waals surface area (Å²) in [6.45, 7) is 2.82. The molecule has 8 heteroatoms. The largest absolute Gasteiger partial charge is 0.481 e. The van der Waals surface area contributed by atoms with Crippen LogP contribution >= 0.6 is 15.9 Å². The van der Waals surface area contributed by atoms with Crippen LogP contribution in [0.1, 0.15) is 30.0 Å². The molecule has 0 fully saturated rings. The number of benzene rings is 1. The van der Waals surface area contributed by atoms with Gasteiger partial charge in [0.2, 0.25) is 11.8 Å². The van der Waals surface area contributed by atoms with E-state index in [0.29, 0.717) is 36.2 Å². The minimum atomic E-state index is -1.13. The zero-order valence-electron chi connectivity index (χ0n) is 13.7. The van der Waals surface area contributed by atoms with E-state index in [0.717, 1.165) is 10.0 Å². The fourth-order valence-electron chi connectivity index (χ4n) is 2.15. The van der Waals surface area contributed by atoms with E-state index in [-0.39, 0.29) is 5.82 Å². The van der Waals surface area contributed by atoms with E-state index < -0.39 is 6.10 Å². The Balaban J connectivity index is 2.45. The Hall–Kier alpha value is -1.90. The van der Waals surface area contributed by atoms with Gasteiger partial charge < -0.3 is 25.1 Å². The number of aliphatic hydroxyl groups excluding tert-OH is 1. The third-order valence-corrected chi connectivity index (χ3v) is 3.84. The maximum Gasteiger partial charge on any atom is 0.220 e. The van der Waals surface area contributed by atoms with Gasteiger partial charge in [0.25, 0.3) is 0 Å². The fourth-order valence-corrected chi connectivity index (χ4v) is 2.67. The highest BCUT2D eigenvalue weighted by Crippen LogP contribution is 2.32. The van der Waals surface area contributed by atoms with Crippen molar-refractivity contribution in [3.63, 3.8) is 0 Å². The highest BCUT2D eigenvalue weighted by atomic mass is 79.9. The van der Waals surface area contributed by atoms with Crippen LogP contribution in [-0.2, 0) is 11.3 Å². The maximum atomic E-state index is 10.7. The van der Waals surface area contributed by atoms with Crippen molar-refractivity contribution in [2.75, 3.05) is 26.6 Å². The molecule has 2 aromatic rings. The lowest BCUT2D eigenvalue weighted by molar-refractivity contribution is 0.134. The van der Waals surface area contributed by atoms with E-state index in [1.165, 1.54) is 20.3 Å². The van der Waals surface area contributed by atoms with Gasteiger partial charge in [0, 0.05) is 27.9 Å². The quantitative estimate of drug-likeness (QED) is 0.691. The normalized spacial score (nSPS) is 12.0. The Kier molecular flexibility index (Phi) is 6.36. The zero-order chi connectivity index (χ0) is 17.7. The lowest BCUT2D eigenvalue weighted by Crippen LogP contribution is -2.11. The van der Waals surface area contributed by atoms with Gasteiger partial charge in [0.1, 0.15) is 6.10 Å². The number of ether oxygens (including phenoxy) is 3. The third-order valence-electron chi connectivity index (χ3n) is 3.38. The lowest BCUT2D eigenvalue weighted by Gasteiger charge is -2.17. The molecule has 0 aliphatic heterocycles. The minimum absolute atomic E-state index is 0.137. The summed E-state index contributed by atoms with van der Waals surface area (Å²) < 4.78 is 16.4. The Bertz CT molecular complexity index is 690. The summed E-state index contributed by atoms with van der Waals surface area (Å²) in [5, 5.41) is 10.7. The Morgan fingerprint density at radius 3 is 2.33 bits per heavy atom. The smallest absolute Gasteiger partial charge is 0.220 e. The van der Waals surface area contributed by atoms with Gasteiger partial charge in [-0.2, -0.15) is 9.97 Å². The van der Waals surface area contributed by atoms with E-state index in [2.05, 4.69) is 25.9 Å². The number of hydrogen-bond acceptors (Lipinski definition) is 7. The molecule has 1 atom stereocenters. The van der Waals surface area contributed by atoms with Gasteiger partial charge in [-0.15, -0.1) is 0 Å². The number of nitrogens with zero attached hydrogens (tertiary/aromatic N) is 2. The summed E-state index contributed by atoms with van der Waals surface area (Å²) in [6.07, 6.45) is -1.13. The Morgan fingerprint density at radius 2 is 1.79 bits per heavy atom. The van der Waals surface area contributed by atoms with Gasteiger partial charge in [-0.1, -0.05) is 15.9 Å². The number of nitrogens with two attached hydrogens (primary N) is 1. The molecular weight excluding hydrogens is 378 g/mol. The number of anilines is 1. The molecule has 7 nitrogen and oxygen atoms in total. The van der Waals surface area contributed by atoms with E-state index in [1.54, 1.807) is 6.07 Å². The average molecular weight is 398 g/mol. The van der Waals surface area contributed by atoms with Crippen molar-refractivity contribution in [1.29, 1.82) is 0 Å². The average Bonchev–Trinajstić information content (AvgIpc) is 2.60. The number of methoxy groups -OCH3 is 2. The highest BCUT2D eigenvalue weighted by molar-refractivity contribution is 9.10. The number of nitrogen functional groups attached to an aromatic ring is 1. The van der Waals surface area contributed by atoms with Crippen LogP contribution in [-0.4, -0.2) is 35.9 Å². The van der Waals surface area contributed by atoms with Gasteiger partial charge >= 0.3 is 0 Å². The highest BCUT2D eigenvalue weighted by Gasteiger charge is 2.21. The molecule has 0 amide bonds. The second-order valence-corrected chi connectivity index (χ2v) is 5.83. The molecule has 1 unspecified atom stereocenters. The van der Waals surface area contributed by atoms with Gasteiger partial charge in [-0.3, -0.25) is 0 Å². The van der Waals surface area contributed by atoms with Crippen LogP contribution in [0.4, 0.5) is 5.69 Å². The number of aromatic nitrogens is 2. The van der Waals surface area contributed by atoms with Gasteiger partial charge in [0.15, 0.2) is 5.82 Å². The van der Waals surface area contributed by atoms with Crippen LogP contribution in [0.2, 0.25) is 0 Å². The van der Waals surface area contributed by atoms with Gasteiger partial charge in [-0.25, -0.2) is 0 Å². The molecule has 2 rings (SSSR count). The fraction of sp³-hybridized carbons (Fsp3) is 0.375. The molecule has 3 N–H and O–H groups in total. The number of hydrogen-bond donors (Lipinski definition) is 2. The van der Waals surface area contributed by atoms with Crippen LogP contribution in [0.15, 0.2) is 22.7 Å². The van der Waals surface area contributed by atoms with Crippen LogP contribution < -0.4 is 15.2 Å². The van der Waals surface area contributed by atoms with Crippen molar-refractivity contribution in [1.82, 2.24) is 9.97 Å². The topological polar surface area (TPSA) is 99.7 Å². The zero-order valence-corrected chi connectivity index (χ0v) is 15.3. The Labute approximate surface area is 148 Å². The summed E-state index contributed by atoms with van der Waals surface area (Å²) >= 11 is 3.42. The van der Waals surface area contributed by atoms with Crippen LogP contribution in [0.3, 0.4) is 0 Å². The third kappa shape index (κ3) is 4.14. The second-order valence-electron chi connectivity index (χ2n) is 4.92. The minimum Gasteiger partial charge on any atom is -0.481 e. The van der Waals surface area contributed by atoms with Crippen LogP contribution in [0.25, 0.3) is 0 Å². The van der Waals surface area contributed by atoms with Crippen molar-refractivity contribution in [2.45, 2.75) is 19.6 Å². The molecule has 1 aromatic heterocycles. The predicted octanol–water partition coefficient (Wildman–Crippen LogP) is 2.46. The van der Waals surface area contributed by atoms with Crippen LogP contribution in [0.5, 0.6) is 11.8 Å². The van der Waals surface area contributed by atoms with E-state index in [9.17, 15) is 5.11 Å². The van der Waals surface area contributed by atoms with E-state index in [4.69, 9.17) is 19.9 Å². The standard InChI is InChI=1S/C16H20BrN3O4/c1-4-24-8-9-5-10(17)6-11(14(9)18)15(21)16-19-12(22-2)7-13(20-16)23-3/h5-7,15,21H,4,8,18H2,1-3H3. The predicted molar refractivity (Wildman–Crippen MR) is 93.1 cm³/mol. The lowest BCUT2D eigenvalue weighted by atomic mass is 10.0. The van der Waals surface area contributed by atoms with Crippen molar-refractivity contribution < 1.29 is 19.3 Å². The maximum absolute atomic E-state index is 10.7. The first-order valence-electron chi connectivity index (χ1n) is 7.30. The van der Waals surface area contributed by atoms with Crippen molar-refractivity contribution in [3.8, 4) is 11.8 Å². The first kappa shape index (κ1) is 18.4. The molecule has 130 valence electrons. The van der Waals surface area contributed by atoms with Crippen molar-refractivity contribution >= 4 is 21.6 Å². The summed E-state index contributed by atoms with van der Waals surface area (Å²) in [6, 6.07) is 5.11. The summed E-state index contributed by atoms with van der Waals surface area (Å²) in [5.41, 5.74) is 7.88. The molecule has 24 heavy (non-hydrogen) atoms. The molecule has 0 aliphatic rings. The summed E-state index contributed by atoms with van der Waals surface area (Å²) in [5.74, 6) is 0.719. The molecule has 0 saturated carbocycles. The molecule has 1 heterocycles. The number of rotatable bonds is 7. The van der Waals surface area contributed by atoms with Gasteiger partial charge in [-0.05, 0) is 19.1 Å².